The maximum atomic E-state index is 14.4. The lowest BCUT2D eigenvalue weighted by Crippen LogP contribution is -2.32. The molecule has 3 aromatic carbocycles. The van der Waals surface area contributed by atoms with Crippen LogP contribution < -0.4 is 19.7 Å². The van der Waals surface area contributed by atoms with E-state index in [9.17, 15) is 14.0 Å². The first-order valence-electron chi connectivity index (χ1n) is 11.5. The molecule has 2 aromatic heterocycles. The second-order valence-electron chi connectivity index (χ2n) is 8.34. The predicted molar refractivity (Wildman–Crippen MR) is 143 cm³/mol. The average molecular weight is 577 g/mol. The average Bonchev–Trinajstić information content (AvgIpc) is 3.52. The third kappa shape index (κ3) is 4.02. The molecule has 6 rings (SSSR count). The summed E-state index contributed by atoms with van der Waals surface area (Å²) in [4.78, 5) is 33.5. The van der Waals surface area contributed by atoms with Crippen molar-refractivity contribution in [3.05, 3.63) is 103 Å². The summed E-state index contributed by atoms with van der Waals surface area (Å²) in [5.74, 6) is 0.377. The zero-order chi connectivity index (χ0) is 25.7. The van der Waals surface area contributed by atoms with Crippen LogP contribution in [0.5, 0.6) is 5.75 Å². The Balaban J connectivity index is 1.46. The van der Waals surface area contributed by atoms with E-state index in [0.717, 1.165) is 27.1 Å². The highest BCUT2D eigenvalue weighted by Gasteiger charge is 2.35. The van der Waals surface area contributed by atoms with Gasteiger partial charge in [-0.25, -0.2) is 4.39 Å². The van der Waals surface area contributed by atoms with Gasteiger partial charge in [0.2, 0.25) is 4.96 Å². The van der Waals surface area contributed by atoms with Gasteiger partial charge in [0.15, 0.2) is 5.82 Å². The van der Waals surface area contributed by atoms with E-state index in [2.05, 4.69) is 26.0 Å². The van der Waals surface area contributed by atoms with E-state index in [1.165, 1.54) is 15.5 Å². The van der Waals surface area contributed by atoms with Gasteiger partial charge in [0.1, 0.15) is 16.1 Å². The normalized spacial score (nSPS) is 14.5. The second-order valence-corrected chi connectivity index (χ2v) is 10.2. The number of anilines is 1. The van der Waals surface area contributed by atoms with E-state index in [1.807, 2.05) is 37.3 Å². The number of fused-ring (bicyclic) bond motifs is 2. The molecule has 37 heavy (non-hydrogen) atoms. The standard InChI is InChI=1S/C27H18BrFN4O3S/c1-2-36-18-10-7-15(8-11-18)24-30-27-33(31-24)26(35)23(37-27)22-19-13-17(28)9-12-21(19)32(25(22)34)14-16-5-3-4-6-20(16)29/h3-13H,2,14H2,1H3. The quantitative estimate of drug-likeness (QED) is 0.306. The van der Waals surface area contributed by atoms with Gasteiger partial charge in [-0.1, -0.05) is 45.5 Å². The Labute approximate surface area is 222 Å². The summed E-state index contributed by atoms with van der Waals surface area (Å²) in [5.41, 5.74) is 2.18. The molecular formula is C27H18BrFN4O3S. The van der Waals surface area contributed by atoms with Crippen molar-refractivity contribution >= 4 is 49.4 Å². The zero-order valence-electron chi connectivity index (χ0n) is 19.4. The number of benzene rings is 3. The SMILES string of the molecule is CCOc1ccc(-c2nc3sc(=C4C(=O)N(Cc5ccccc5F)c5ccc(Br)cc54)c(=O)n3n2)cc1. The molecule has 0 N–H and O–H groups in total. The van der Waals surface area contributed by atoms with Gasteiger partial charge < -0.3 is 9.64 Å². The number of rotatable bonds is 5. The predicted octanol–water partition coefficient (Wildman–Crippen LogP) is 4.58. The molecule has 5 aromatic rings. The summed E-state index contributed by atoms with van der Waals surface area (Å²) in [6.45, 7) is 2.52. The molecule has 0 unspecified atom stereocenters. The number of carbonyl (C=O) groups excluding carboxylic acids is 1. The van der Waals surface area contributed by atoms with Crippen LogP contribution in [0.15, 0.2) is 76.0 Å². The summed E-state index contributed by atoms with van der Waals surface area (Å²) in [6, 6.07) is 19.0. The third-order valence-electron chi connectivity index (χ3n) is 6.07. The van der Waals surface area contributed by atoms with Crippen LogP contribution in [0.3, 0.4) is 0 Å². The molecule has 7 nitrogen and oxygen atoms in total. The molecule has 1 aliphatic heterocycles. The number of nitrogens with zero attached hydrogens (tertiary/aromatic N) is 4. The molecule has 0 fully saturated rings. The van der Waals surface area contributed by atoms with Crippen molar-refractivity contribution in [1.29, 1.82) is 0 Å². The number of carbonyl (C=O) groups is 1. The van der Waals surface area contributed by atoms with Gasteiger partial charge in [-0.2, -0.15) is 9.50 Å². The fourth-order valence-corrected chi connectivity index (χ4v) is 5.71. The number of thiazole rings is 1. The number of hydrogen-bond donors (Lipinski definition) is 0. The lowest BCUT2D eigenvalue weighted by atomic mass is 10.1. The van der Waals surface area contributed by atoms with Crippen molar-refractivity contribution in [2.45, 2.75) is 13.5 Å². The number of aromatic nitrogens is 3. The molecule has 0 saturated carbocycles. The summed E-state index contributed by atoms with van der Waals surface area (Å²) in [7, 11) is 0. The molecular weight excluding hydrogens is 559 g/mol. The highest BCUT2D eigenvalue weighted by atomic mass is 79.9. The Morgan fingerprint density at radius 3 is 2.57 bits per heavy atom. The molecule has 0 spiro atoms. The van der Waals surface area contributed by atoms with Gasteiger partial charge in [0, 0.05) is 21.2 Å². The number of ether oxygens (including phenoxy) is 1. The lowest BCUT2D eigenvalue weighted by molar-refractivity contribution is -0.113. The largest absolute Gasteiger partial charge is 0.494 e. The first-order valence-corrected chi connectivity index (χ1v) is 13.1. The van der Waals surface area contributed by atoms with E-state index in [0.29, 0.717) is 34.2 Å². The van der Waals surface area contributed by atoms with Crippen LogP contribution in [0.2, 0.25) is 0 Å². The highest BCUT2D eigenvalue weighted by molar-refractivity contribution is 9.10. The first-order chi connectivity index (χ1) is 17.9. The molecule has 1 aliphatic rings. The van der Waals surface area contributed by atoms with Gasteiger partial charge >= 0.3 is 0 Å². The summed E-state index contributed by atoms with van der Waals surface area (Å²) >= 11 is 4.57. The van der Waals surface area contributed by atoms with Crippen molar-refractivity contribution in [3.8, 4) is 17.1 Å². The van der Waals surface area contributed by atoms with Crippen LogP contribution in [0, 0.1) is 5.82 Å². The van der Waals surface area contributed by atoms with E-state index >= 15 is 0 Å². The molecule has 10 heteroatoms. The highest BCUT2D eigenvalue weighted by Crippen LogP contribution is 2.38. The fraction of sp³-hybridized carbons (Fsp3) is 0.111. The molecule has 0 atom stereocenters. The van der Waals surface area contributed by atoms with E-state index in [1.54, 1.807) is 30.3 Å². The molecule has 184 valence electrons. The van der Waals surface area contributed by atoms with Crippen molar-refractivity contribution in [3.63, 3.8) is 0 Å². The monoisotopic (exact) mass is 576 g/mol. The van der Waals surface area contributed by atoms with E-state index in [-0.39, 0.29) is 22.6 Å². The smallest absolute Gasteiger partial charge is 0.291 e. The van der Waals surface area contributed by atoms with Crippen molar-refractivity contribution in [2.24, 2.45) is 0 Å². The molecule has 0 radical (unpaired) electrons. The summed E-state index contributed by atoms with van der Waals surface area (Å²) < 4.78 is 22.1. The van der Waals surface area contributed by atoms with Crippen molar-refractivity contribution in [1.82, 2.24) is 14.6 Å². The zero-order valence-corrected chi connectivity index (χ0v) is 21.8. The van der Waals surface area contributed by atoms with E-state index < -0.39 is 11.4 Å². The molecule has 0 saturated heterocycles. The number of hydrogen-bond acceptors (Lipinski definition) is 6. The van der Waals surface area contributed by atoms with Crippen molar-refractivity contribution in [2.75, 3.05) is 11.5 Å². The summed E-state index contributed by atoms with van der Waals surface area (Å²) in [6.07, 6.45) is 0. The van der Waals surface area contributed by atoms with Crippen LogP contribution >= 0.6 is 27.3 Å². The van der Waals surface area contributed by atoms with Gasteiger partial charge in [0.25, 0.3) is 11.5 Å². The third-order valence-corrected chi connectivity index (χ3v) is 7.59. The molecule has 0 bridgehead atoms. The molecule has 3 heterocycles. The molecule has 1 amide bonds. The van der Waals surface area contributed by atoms with Gasteiger partial charge in [-0.3, -0.25) is 9.59 Å². The van der Waals surface area contributed by atoms with Gasteiger partial charge in [-0.05, 0) is 55.5 Å². The van der Waals surface area contributed by atoms with Crippen molar-refractivity contribution < 1.29 is 13.9 Å². The van der Waals surface area contributed by atoms with Crippen LogP contribution in [-0.2, 0) is 11.3 Å². The summed E-state index contributed by atoms with van der Waals surface area (Å²) in [5, 5.41) is 4.41. The first kappa shape index (κ1) is 23.5. The number of amides is 1. The molecule has 0 aliphatic carbocycles. The fourth-order valence-electron chi connectivity index (χ4n) is 4.35. The second kappa shape index (κ2) is 9.20. The van der Waals surface area contributed by atoms with E-state index in [4.69, 9.17) is 4.74 Å². The van der Waals surface area contributed by atoms with Crippen LogP contribution in [0.25, 0.3) is 21.9 Å². The maximum Gasteiger partial charge on any atom is 0.291 e. The van der Waals surface area contributed by atoms with Crippen LogP contribution in [0.1, 0.15) is 18.1 Å². The minimum atomic E-state index is -0.424. The van der Waals surface area contributed by atoms with Gasteiger partial charge in [-0.15, -0.1) is 5.10 Å². The Morgan fingerprint density at radius 2 is 1.84 bits per heavy atom. The maximum absolute atomic E-state index is 14.4. The Morgan fingerprint density at radius 1 is 1.05 bits per heavy atom. The van der Waals surface area contributed by atoms with Crippen LogP contribution in [-0.4, -0.2) is 27.1 Å². The minimum Gasteiger partial charge on any atom is -0.494 e. The lowest BCUT2D eigenvalue weighted by Gasteiger charge is -2.17. The van der Waals surface area contributed by atoms with Gasteiger partial charge in [0.05, 0.1) is 24.4 Å². The Hall–Kier alpha value is -3.89. The minimum absolute atomic E-state index is 0.0421. The van der Waals surface area contributed by atoms with Crippen LogP contribution in [0.4, 0.5) is 10.1 Å². The Kier molecular flexibility index (Phi) is 5.85. The topological polar surface area (TPSA) is 76.8 Å². The number of halogens is 2. The Bertz CT molecular complexity index is 1800.